The summed E-state index contributed by atoms with van der Waals surface area (Å²) in [5.41, 5.74) is 0. The first-order valence-electron chi connectivity index (χ1n) is 7.44. The fourth-order valence-corrected chi connectivity index (χ4v) is 4.22. The maximum atomic E-state index is 3.55. The van der Waals surface area contributed by atoms with E-state index in [9.17, 15) is 0 Å². The van der Waals surface area contributed by atoms with Crippen LogP contribution in [-0.4, -0.2) is 56.6 Å². The maximum absolute atomic E-state index is 3.55. The largest absolute Gasteiger partial charge is 0.311 e. The van der Waals surface area contributed by atoms with Gasteiger partial charge in [-0.2, -0.15) is 0 Å². The molecule has 0 aliphatic carbocycles. The lowest BCUT2D eigenvalue weighted by molar-refractivity contribution is 0.163. The molecule has 0 unspecified atom stereocenters. The summed E-state index contributed by atoms with van der Waals surface area (Å²) in [4.78, 5) is 6.33. The molecule has 0 aromatic carbocycles. The van der Waals surface area contributed by atoms with Crippen LogP contribution in [0, 0.1) is 5.92 Å². The van der Waals surface area contributed by atoms with Crippen molar-refractivity contribution in [1.82, 2.24) is 15.1 Å². The summed E-state index contributed by atoms with van der Waals surface area (Å²) in [7, 11) is 4.36. The Morgan fingerprint density at radius 2 is 2.15 bits per heavy atom. The highest BCUT2D eigenvalue weighted by Crippen LogP contribution is 2.19. The standard InChI is InChI=1S/C15H26BrN3S/c1-18(2)11-13-3-6-19(7-4-13)8-5-17-10-15-9-14(16)12-20-15/h9,12-13,17H,3-8,10-11H2,1-2H3. The molecule has 0 saturated carbocycles. The number of nitrogens with zero attached hydrogens (tertiary/aromatic N) is 2. The topological polar surface area (TPSA) is 18.5 Å². The van der Waals surface area contributed by atoms with Crippen molar-refractivity contribution in [3.05, 3.63) is 20.8 Å². The van der Waals surface area contributed by atoms with Gasteiger partial charge >= 0.3 is 0 Å². The monoisotopic (exact) mass is 359 g/mol. The van der Waals surface area contributed by atoms with E-state index in [1.807, 2.05) is 11.3 Å². The Morgan fingerprint density at radius 3 is 2.75 bits per heavy atom. The fraction of sp³-hybridized carbons (Fsp3) is 0.733. The lowest BCUT2D eigenvalue weighted by Crippen LogP contribution is -2.40. The molecule has 1 aromatic rings. The van der Waals surface area contributed by atoms with Crippen LogP contribution in [0.25, 0.3) is 0 Å². The molecule has 0 amide bonds. The van der Waals surface area contributed by atoms with E-state index >= 15 is 0 Å². The first-order valence-corrected chi connectivity index (χ1v) is 9.11. The van der Waals surface area contributed by atoms with Gasteiger partial charge in [-0.1, -0.05) is 0 Å². The summed E-state index contributed by atoms with van der Waals surface area (Å²) in [5.74, 6) is 0.901. The van der Waals surface area contributed by atoms with E-state index < -0.39 is 0 Å². The number of nitrogens with one attached hydrogen (secondary N) is 1. The van der Waals surface area contributed by atoms with Crippen LogP contribution in [0.5, 0.6) is 0 Å². The van der Waals surface area contributed by atoms with Crippen LogP contribution in [0.1, 0.15) is 17.7 Å². The number of piperidine rings is 1. The normalized spacial score (nSPS) is 18.0. The molecule has 1 aliphatic heterocycles. The molecule has 114 valence electrons. The third kappa shape index (κ3) is 5.82. The van der Waals surface area contributed by atoms with Crippen molar-refractivity contribution in [2.45, 2.75) is 19.4 Å². The number of rotatable bonds is 7. The van der Waals surface area contributed by atoms with E-state index in [1.165, 1.54) is 48.4 Å². The van der Waals surface area contributed by atoms with Crippen molar-refractivity contribution < 1.29 is 0 Å². The zero-order valence-corrected chi connectivity index (χ0v) is 15.0. The van der Waals surface area contributed by atoms with Crippen molar-refractivity contribution >= 4 is 27.3 Å². The van der Waals surface area contributed by atoms with Crippen molar-refractivity contribution in [1.29, 1.82) is 0 Å². The van der Waals surface area contributed by atoms with Gasteiger partial charge in [0.25, 0.3) is 0 Å². The van der Waals surface area contributed by atoms with Gasteiger partial charge < -0.3 is 15.1 Å². The second kappa shape index (κ2) is 8.49. The zero-order valence-electron chi connectivity index (χ0n) is 12.6. The van der Waals surface area contributed by atoms with Crippen molar-refractivity contribution in [3.63, 3.8) is 0 Å². The van der Waals surface area contributed by atoms with Gasteiger partial charge in [-0.3, -0.25) is 0 Å². The summed E-state index contributed by atoms with van der Waals surface area (Å²) in [6.45, 7) is 7.05. The summed E-state index contributed by atoms with van der Waals surface area (Å²) in [5, 5.41) is 5.69. The highest BCUT2D eigenvalue weighted by Gasteiger charge is 2.18. The summed E-state index contributed by atoms with van der Waals surface area (Å²) >= 11 is 5.31. The van der Waals surface area contributed by atoms with Crippen molar-refractivity contribution in [2.24, 2.45) is 5.92 Å². The molecule has 0 spiro atoms. The molecule has 1 fully saturated rings. The van der Waals surface area contributed by atoms with E-state index in [4.69, 9.17) is 0 Å². The molecule has 1 aromatic heterocycles. The van der Waals surface area contributed by atoms with Gasteiger partial charge in [0.15, 0.2) is 0 Å². The molecule has 3 nitrogen and oxygen atoms in total. The molecular weight excluding hydrogens is 334 g/mol. The Balaban J connectivity index is 1.55. The lowest BCUT2D eigenvalue weighted by Gasteiger charge is -2.33. The Hall–Kier alpha value is 0.0600. The minimum Gasteiger partial charge on any atom is -0.311 e. The average Bonchev–Trinajstić information content (AvgIpc) is 2.82. The van der Waals surface area contributed by atoms with Crippen LogP contribution in [0.4, 0.5) is 0 Å². The van der Waals surface area contributed by atoms with Gasteiger partial charge in [-0.25, -0.2) is 0 Å². The molecular formula is C15H26BrN3S. The van der Waals surface area contributed by atoms with Crippen LogP contribution in [0.15, 0.2) is 15.9 Å². The average molecular weight is 360 g/mol. The van der Waals surface area contributed by atoms with Gasteiger partial charge in [0.2, 0.25) is 0 Å². The second-order valence-electron chi connectivity index (χ2n) is 5.96. The van der Waals surface area contributed by atoms with Crippen molar-refractivity contribution in [3.8, 4) is 0 Å². The van der Waals surface area contributed by atoms with Crippen LogP contribution in [0.2, 0.25) is 0 Å². The molecule has 0 radical (unpaired) electrons. The minimum absolute atomic E-state index is 0.901. The second-order valence-corrected chi connectivity index (χ2v) is 7.87. The quantitative estimate of drug-likeness (QED) is 0.755. The molecule has 1 N–H and O–H groups in total. The summed E-state index contributed by atoms with van der Waals surface area (Å²) < 4.78 is 1.20. The highest BCUT2D eigenvalue weighted by molar-refractivity contribution is 9.10. The SMILES string of the molecule is CN(C)CC1CCN(CCNCc2cc(Br)cs2)CC1. The molecule has 2 rings (SSSR count). The molecule has 1 aliphatic rings. The van der Waals surface area contributed by atoms with E-state index in [-0.39, 0.29) is 0 Å². The number of thiophene rings is 1. The number of hydrogen-bond donors (Lipinski definition) is 1. The van der Waals surface area contributed by atoms with Crippen LogP contribution in [-0.2, 0) is 6.54 Å². The third-order valence-electron chi connectivity index (χ3n) is 3.86. The summed E-state index contributed by atoms with van der Waals surface area (Å²) in [6.07, 6.45) is 2.71. The van der Waals surface area contributed by atoms with E-state index in [0.717, 1.165) is 19.0 Å². The molecule has 1 saturated heterocycles. The minimum atomic E-state index is 0.901. The molecule has 5 heteroatoms. The fourth-order valence-electron chi connectivity index (χ4n) is 2.80. The summed E-state index contributed by atoms with van der Waals surface area (Å²) in [6, 6.07) is 2.20. The van der Waals surface area contributed by atoms with Gasteiger partial charge in [-0.05, 0) is 67.9 Å². The van der Waals surface area contributed by atoms with Crippen LogP contribution >= 0.6 is 27.3 Å². The number of hydrogen-bond acceptors (Lipinski definition) is 4. The Bertz CT molecular complexity index is 386. The molecule has 0 bridgehead atoms. The first kappa shape index (κ1) is 16.4. The van der Waals surface area contributed by atoms with Gasteiger partial charge in [0.1, 0.15) is 0 Å². The van der Waals surface area contributed by atoms with Crippen molar-refractivity contribution in [2.75, 3.05) is 46.8 Å². The van der Waals surface area contributed by atoms with Gasteiger partial charge in [-0.15, -0.1) is 11.3 Å². The van der Waals surface area contributed by atoms with Gasteiger partial charge in [0.05, 0.1) is 0 Å². The van der Waals surface area contributed by atoms with Crippen LogP contribution < -0.4 is 5.32 Å². The molecule has 2 heterocycles. The predicted octanol–water partition coefficient (Wildman–Crippen LogP) is 2.87. The molecule has 20 heavy (non-hydrogen) atoms. The smallest absolute Gasteiger partial charge is 0.0300 e. The Kier molecular flexibility index (Phi) is 6.97. The lowest BCUT2D eigenvalue weighted by atomic mass is 9.96. The van der Waals surface area contributed by atoms with E-state index in [2.05, 4.69) is 56.6 Å². The van der Waals surface area contributed by atoms with E-state index in [1.54, 1.807) is 0 Å². The predicted molar refractivity (Wildman–Crippen MR) is 91.4 cm³/mol. The highest BCUT2D eigenvalue weighted by atomic mass is 79.9. The first-order chi connectivity index (χ1) is 9.63. The number of halogens is 1. The Morgan fingerprint density at radius 1 is 1.40 bits per heavy atom. The zero-order chi connectivity index (χ0) is 14.4. The molecule has 0 atom stereocenters. The van der Waals surface area contributed by atoms with Gasteiger partial charge in [0, 0.05) is 40.9 Å². The maximum Gasteiger partial charge on any atom is 0.0300 e. The van der Waals surface area contributed by atoms with Crippen LogP contribution in [0.3, 0.4) is 0 Å². The van der Waals surface area contributed by atoms with E-state index in [0.29, 0.717) is 0 Å². The Labute approximate surface area is 135 Å². The number of likely N-dealkylation sites (tertiary alicyclic amines) is 1. The third-order valence-corrected chi connectivity index (χ3v) is 5.55.